The van der Waals surface area contributed by atoms with Gasteiger partial charge in [-0.3, -0.25) is 14.9 Å². The van der Waals surface area contributed by atoms with Crippen LogP contribution in [0.3, 0.4) is 0 Å². The van der Waals surface area contributed by atoms with Crippen LogP contribution in [0.1, 0.15) is 22.8 Å². The maximum Gasteiger partial charge on any atom is 0.413 e. The van der Waals surface area contributed by atoms with Gasteiger partial charge in [0.15, 0.2) is 16.0 Å². The molecule has 0 unspecified atom stereocenters. The Labute approximate surface area is 178 Å². The van der Waals surface area contributed by atoms with Gasteiger partial charge in [0.05, 0.1) is 18.5 Å². The van der Waals surface area contributed by atoms with E-state index in [1.165, 1.54) is 14.0 Å². The lowest BCUT2D eigenvalue weighted by molar-refractivity contribution is -0.117. The summed E-state index contributed by atoms with van der Waals surface area (Å²) in [5.41, 5.74) is 1.70. The first-order valence-electron chi connectivity index (χ1n) is 8.28. The predicted octanol–water partition coefficient (Wildman–Crippen LogP) is 2.80. The van der Waals surface area contributed by atoms with Crippen molar-refractivity contribution >= 4 is 63.8 Å². The molecule has 0 radical (unpaired) electrons. The Morgan fingerprint density at radius 2 is 1.45 bits per heavy atom. The van der Waals surface area contributed by atoms with Gasteiger partial charge in [0.2, 0.25) is 5.91 Å². The standard InChI is InChI=1S/C19H18N4O4S2/c1-11(24)20-17(28)21-14-9-8-13(16(25)12-6-4-3-5-7-12)10-15(14)22-18(29)23-19(26)27-2/h3-10H,1-2H3,(H2,20,21,24,28)(H2,22,23,26,29). The van der Waals surface area contributed by atoms with Gasteiger partial charge in [0, 0.05) is 18.1 Å². The van der Waals surface area contributed by atoms with Crippen molar-refractivity contribution in [2.75, 3.05) is 17.7 Å². The molecular formula is C19H18N4O4S2. The van der Waals surface area contributed by atoms with E-state index < -0.39 is 6.09 Å². The number of amides is 2. The van der Waals surface area contributed by atoms with E-state index in [0.29, 0.717) is 22.5 Å². The quantitative estimate of drug-likeness (QED) is 0.433. The van der Waals surface area contributed by atoms with E-state index in [-0.39, 0.29) is 21.9 Å². The first-order valence-corrected chi connectivity index (χ1v) is 9.10. The number of carbonyl (C=O) groups excluding carboxylic acids is 3. The van der Waals surface area contributed by atoms with Gasteiger partial charge in [-0.05, 0) is 42.6 Å². The minimum Gasteiger partial charge on any atom is -0.453 e. The van der Waals surface area contributed by atoms with Gasteiger partial charge in [0.1, 0.15) is 0 Å². The summed E-state index contributed by atoms with van der Waals surface area (Å²) < 4.78 is 4.50. The molecule has 150 valence electrons. The molecular weight excluding hydrogens is 412 g/mol. The summed E-state index contributed by atoms with van der Waals surface area (Å²) in [6.07, 6.45) is -0.748. The fourth-order valence-electron chi connectivity index (χ4n) is 2.26. The lowest BCUT2D eigenvalue weighted by Gasteiger charge is -2.16. The van der Waals surface area contributed by atoms with Gasteiger partial charge >= 0.3 is 6.09 Å². The molecule has 0 heterocycles. The molecule has 2 rings (SSSR count). The molecule has 8 nitrogen and oxygen atoms in total. The number of methoxy groups -OCH3 is 1. The maximum atomic E-state index is 12.7. The van der Waals surface area contributed by atoms with Gasteiger partial charge in [-0.15, -0.1) is 0 Å². The van der Waals surface area contributed by atoms with Gasteiger partial charge < -0.3 is 20.7 Å². The Morgan fingerprint density at radius 1 is 0.828 bits per heavy atom. The molecule has 0 aromatic heterocycles. The number of hydrogen-bond donors (Lipinski definition) is 4. The summed E-state index contributed by atoms with van der Waals surface area (Å²) in [5, 5.41) is 10.4. The fraction of sp³-hybridized carbons (Fsp3) is 0.105. The van der Waals surface area contributed by atoms with Crippen molar-refractivity contribution in [3.63, 3.8) is 0 Å². The highest BCUT2D eigenvalue weighted by molar-refractivity contribution is 7.80. The largest absolute Gasteiger partial charge is 0.453 e. The Balaban J connectivity index is 2.33. The van der Waals surface area contributed by atoms with Crippen molar-refractivity contribution in [3.8, 4) is 0 Å². The van der Waals surface area contributed by atoms with E-state index in [9.17, 15) is 14.4 Å². The highest BCUT2D eigenvalue weighted by Gasteiger charge is 2.14. The number of ketones is 1. The monoisotopic (exact) mass is 430 g/mol. The molecule has 0 spiro atoms. The highest BCUT2D eigenvalue weighted by atomic mass is 32.1. The topological polar surface area (TPSA) is 109 Å². The zero-order valence-corrected chi connectivity index (χ0v) is 17.2. The fourth-order valence-corrected chi connectivity index (χ4v) is 2.71. The molecule has 0 aliphatic heterocycles. The van der Waals surface area contributed by atoms with Gasteiger partial charge in [-0.2, -0.15) is 0 Å². The number of thiocarbonyl (C=S) groups is 2. The van der Waals surface area contributed by atoms with Gasteiger partial charge in [0.25, 0.3) is 0 Å². The van der Waals surface area contributed by atoms with E-state index in [1.54, 1.807) is 42.5 Å². The van der Waals surface area contributed by atoms with Crippen molar-refractivity contribution in [2.45, 2.75) is 6.92 Å². The van der Waals surface area contributed by atoms with Crippen LogP contribution in [0, 0.1) is 0 Å². The Morgan fingerprint density at radius 3 is 2.07 bits per heavy atom. The molecule has 2 aromatic rings. The van der Waals surface area contributed by atoms with E-state index in [0.717, 1.165) is 0 Å². The van der Waals surface area contributed by atoms with Crippen molar-refractivity contribution in [1.29, 1.82) is 0 Å². The van der Waals surface area contributed by atoms with E-state index in [4.69, 9.17) is 24.4 Å². The predicted molar refractivity (Wildman–Crippen MR) is 118 cm³/mol. The first kappa shape index (κ1) is 21.9. The average Bonchev–Trinajstić information content (AvgIpc) is 2.68. The van der Waals surface area contributed by atoms with E-state index in [1.807, 2.05) is 6.07 Å². The third kappa shape index (κ3) is 6.63. The summed E-state index contributed by atoms with van der Waals surface area (Å²) in [6, 6.07) is 13.5. The van der Waals surface area contributed by atoms with Crippen LogP contribution in [0.25, 0.3) is 0 Å². The SMILES string of the molecule is COC(=O)NC(=S)Nc1cc(C(=O)c2ccccc2)ccc1NC(=S)NC(C)=O. The van der Waals surface area contributed by atoms with Crippen LogP contribution in [0.5, 0.6) is 0 Å². The van der Waals surface area contributed by atoms with Crippen LogP contribution in [-0.2, 0) is 9.53 Å². The third-order valence-electron chi connectivity index (χ3n) is 3.50. The number of hydrogen-bond acceptors (Lipinski definition) is 6. The highest BCUT2D eigenvalue weighted by Crippen LogP contribution is 2.25. The summed E-state index contributed by atoms with van der Waals surface area (Å²) in [6.45, 7) is 1.32. The van der Waals surface area contributed by atoms with Crippen LogP contribution in [0.15, 0.2) is 48.5 Å². The lowest BCUT2D eigenvalue weighted by Crippen LogP contribution is -2.35. The molecule has 10 heteroatoms. The third-order valence-corrected chi connectivity index (χ3v) is 3.91. The number of benzene rings is 2. The van der Waals surface area contributed by atoms with E-state index >= 15 is 0 Å². The summed E-state index contributed by atoms with van der Waals surface area (Å²) >= 11 is 10.2. The average molecular weight is 431 g/mol. The van der Waals surface area contributed by atoms with Crippen LogP contribution in [0.2, 0.25) is 0 Å². The van der Waals surface area contributed by atoms with Crippen LogP contribution >= 0.6 is 24.4 Å². The smallest absolute Gasteiger partial charge is 0.413 e. The molecule has 0 bridgehead atoms. The Kier molecular flexibility index (Phi) is 7.75. The number of alkyl carbamates (subject to hydrolysis) is 1. The van der Waals surface area contributed by atoms with Crippen LogP contribution in [-0.4, -0.2) is 35.1 Å². The molecule has 2 amide bonds. The number of nitrogens with one attached hydrogen (secondary N) is 4. The Hall–Kier alpha value is -3.37. The number of ether oxygens (including phenoxy) is 1. The van der Waals surface area contributed by atoms with Crippen molar-refractivity contribution in [2.24, 2.45) is 0 Å². The first-order chi connectivity index (χ1) is 13.8. The number of carbonyl (C=O) groups is 3. The second-order valence-corrected chi connectivity index (χ2v) is 6.48. The second-order valence-electron chi connectivity index (χ2n) is 5.66. The zero-order valence-electron chi connectivity index (χ0n) is 15.6. The maximum absolute atomic E-state index is 12.7. The zero-order chi connectivity index (χ0) is 21.4. The van der Waals surface area contributed by atoms with Crippen molar-refractivity contribution in [3.05, 3.63) is 59.7 Å². The van der Waals surface area contributed by atoms with Crippen LogP contribution < -0.4 is 21.3 Å². The molecule has 4 N–H and O–H groups in total. The molecule has 0 saturated carbocycles. The minimum absolute atomic E-state index is 0.0466. The normalized spacial score (nSPS) is 9.72. The van der Waals surface area contributed by atoms with E-state index in [2.05, 4.69) is 26.0 Å². The number of rotatable bonds is 4. The summed E-state index contributed by atoms with van der Waals surface area (Å²) in [4.78, 5) is 35.3. The van der Waals surface area contributed by atoms with Crippen molar-refractivity contribution in [1.82, 2.24) is 10.6 Å². The molecule has 2 aromatic carbocycles. The summed E-state index contributed by atoms with van der Waals surface area (Å²) in [5.74, 6) is -0.535. The molecule has 0 atom stereocenters. The summed E-state index contributed by atoms with van der Waals surface area (Å²) in [7, 11) is 1.20. The molecule has 0 fully saturated rings. The lowest BCUT2D eigenvalue weighted by atomic mass is 10.0. The minimum atomic E-state index is -0.748. The van der Waals surface area contributed by atoms with Gasteiger partial charge in [-0.1, -0.05) is 30.3 Å². The molecule has 0 aliphatic rings. The Bertz CT molecular complexity index is 964. The van der Waals surface area contributed by atoms with Crippen molar-refractivity contribution < 1.29 is 19.1 Å². The number of anilines is 2. The molecule has 0 saturated heterocycles. The van der Waals surface area contributed by atoms with Gasteiger partial charge in [-0.25, -0.2) is 4.79 Å². The molecule has 29 heavy (non-hydrogen) atoms. The molecule has 0 aliphatic carbocycles. The van der Waals surface area contributed by atoms with Crippen LogP contribution in [0.4, 0.5) is 16.2 Å². The second kappa shape index (κ2) is 10.2.